The van der Waals surface area contributed by atoms with Crippen molar-refractivity contribution in [3.63, 3.8) is 0 Å². The molecule has 1 saturated carbocycles. The maximum Gasteiger partial charge on any atom is 0.367 e. The molecule has 8 nitrogen and oxygen atoms in total. The first-order chi connectivity index (χ1) is 20.5. The van der Waals surface area contributed by atoms with Crippen LogP contribution in [0.3, 0.4) is 0 Å². The van der Waals surface area contributed by atoms with Gasteiger partial charge in [0.05, 0.1) is 19.8 Å². The molecule has 2 aliphatic heterocycles. The van der Waals surface area contributed by atoms with E-state index in [1.165, 1.54) is 12.7 Å². The van der Waals surface area contributed by atoms with Gasteiger partial charge in [-0.1, -0.05) is 24.3 Å². The van der Waals surface area contributed by atoms with Crippen LogP contribution in [0.2, 0.25) is 0 Å². The summed E-state index contributed by atoms with van der Waals surface area (Å²) in [4.78, 5) is 13.1. The van der Waals surface area contributed by atoms with E-state index in [9.17, 15) is 9.90 Å². The van der Waals surface area contributed by atoms with Crippen molar-refractivity contribution < 1.29 is 38.3 Å². The number of ether oxygens (including phenoxy) is 6. The van der Waals surface area contributed by atoms with Gasteiger partial charge in [-0.15, -0.1) is 5.73 Å². The first kappa shape index (κ1) is 32.5. The molecule has 1 aromatic rings. The third-order valence-corrected chi connectivity index (χ3v) is 8.18. The molecule has 232 valence electrons. The minimum atomic E-state index is -1.68. The van der Waals surface area contributed by atoms with Gasteiger partial charge in [-0.25, -0.2) is 4.79 Å². The maximum atomic E-state index is 13.1. The number of aliphatic hydroxyl groups is 1. The Morgan fingerprint density at radius 3 is 2.43 bits per heavy atom. The Balaban J connectivity index is 1.34. The Morgan fingerprint density at radius 1 is 1.05 bits per heavy atom. The number of hydrogen-bond acceptors (Lipinski definition) is 8. The number of aryl methyl sites for hydroxylation is 1. The van der Waals surface area contributed by atoms with Crippen LogP contribution in [-0.4, -0.2) is 62.5 Å². The molecule has 1 aromatic carbocycles. The summed E-state index contributed by atoms with van der Waals surface area (Å²) in [6.45, 7) is 3.83. The third kappa shape index (κ3) is 9.80. The molecular weight excluding hydrogens is 536 g/mol. The number of allylic oxidation sites excluding steroid dienone is 1. The van der Waals surface area contributed by atoms with Crippen molar-refractivity contribution in [3.8, 4) is 5.75 Å². The van der Waals surface area contributed by atoms with Crippen LogP contribution >= 0.6 is 0 Å². The highest BCUT2D eigenvalue weighted by molar-refractivity contribution is 5.78. The first-order valence-electron chi connectivity index (χ1n) is 15.6. The summed E-state index contributed by atoms with van der Waals surface area (Å²) in [6, 6.07) is 8.06. The molecule has 8 heteroatoms. The molecule has 3 aliphatic rings. The van der Waals surface area contributed by atoms with E-state index in [0.717, 1.165) is 50.7 Å². The van der Waals surface area contributed by atoms with Crippen molar-refractivity contribution in [1.29, 1.82) is 0 Å². The van der Waals surface area contributed by atoms with E-state index in [4.69, 9.17) is 28.4 Å². The molecule has 0 radical (unpaired) electrons. The van der Waals surface area contributed by atoms with Crippen molar-refractivity contribution in [2.24, 2.45) is 11.8 Å². The largest absolute Gasteiger partial charge is 0.493 e. The third-order valence-electron chi connectivity index (χ3n) is 8.18. The second kappa shape index (κ2) is 17.0. The normalized spacial score (nSPS) is 27.6. The molecule has 3 fully saturated rings. The average molecular weight is 585 g/mol. The smallest absolute Gasteiger partial charge is 0.367 e. The van der Waals surface area contributed by atoms with Gasteiger partial charge in [-0.2, -0.15) is 0 Å². The SMILES string of the molecule is COC(=O)C(CC=C=CC[C@H]1[C@@H](O)CC[C@@H]1/C=C/CCOc1cccc(C)c1)(OC1CCCCO1)OC1CCCCO1. The zero-order valence-corrected chi connectivity index (χ0v) is 25.2. The number of rotatable bonds is 14. The van der Waals surface area contributed by atoms with Gasteiger partial charge in [0, 0.05) is 19.6 Å². The first-order valence-corrected chi connectivity index (χ1v) is 15.6. The molecule has 2 unspecified atom stereocenters. The molecule has 4 rings (SSSR count). The van der Waals surface area contributed by atoms with Crippen molar-refractivity contribution in [1.82, 2.24) is 0 Å². The van der Waals surface area contributed by atoms with Gasteiger partial charge in [0.1, 0.15) is 5.75 Å². The van der Waals surface area contributed by atoms with Gasteiger partial charge in [-0.05, 0) is 113 Å². The molecule has 0 amide bonds. The molecule has 1 aliphatic carbocycles. The Morgan fingerprint density at radius 2 is 1.79 bits per heavy atom. The fraction of sp³-hybridized carbons (Fsp3) is 0.647. The number of esters is 1. The number of carbonyl (C=O) groups excluding carboxylic acids is 1. The van der Waals surface area contributed by atoms with Gasteiger partial charge in [-0.3, -0.25) is 0 Å². The lowest BCUT2D eigenvalue weighted by Crippen LogP contribution is -2.51. The highest BCUT2D eigenvalue weighted by atomic mass is 16.8. The summed E-state index contributed by atoms with van der Waals surface area (Å²) in [7, 11) is 1.33. The van der Waals surface area contributed by atoms with Gasteiger partial charge in [0.2, 0.25) is 0 Å². The number of methoxy groups -OCH3 is 1. The predicted octanol–water partition coefficient (Wildman–Crippen LogP) is 6.15. The highest BCUT2D eigenvalue weighted by Gasteiger charge is 2.47. The van der Waals surface area contributed by atoms with Crippen LogP contribution in [0.1, 0.15) is 76.2 Å². The van der Waals surface area contributed by atoms with Crippen molar-refractivity contribution in [2.45, 2.75) is 102 Å². The van der Waals surface area contributed by atoms with E-state index < -0.39 is 24.3 Å². The Labute approximate surface area is 250 Å². The van der Waals surface area contributed by atoms with Crippen molar-refractivity contribution in [2.75, 3.05) is 26.9 Å². The van der Waals surface area contributed by atoms with E-state index in [1.807, 2.05) is 24.3 Å². The summed E-state index contributed by atoms with van der Waals surface area (Å²) in [5.41, 5.74) is 4.39. The van der Waals surface area contributed by atoms with Gasteiger partial charge < -0.3 is 33.5 Å². The monoisotopic (exact) mass is 584 g/mol. The zero-order chi connectivity index (χ0) is 29.6. The summed E-state index contributed by atoms with van der Waals surface area (Å²) in [6.07, 6.45) is 15.1. The van der Waals surface area contributed by atoms with Crippen LogP contribution in [0.4, 0.5) is 0 Å². The van der Waals surface area contributed by atoms with Crippen LogP contribution < -0.4 is 4.74 Å². The van der Waals surface area contributed by atoms with Crippen LogP contribution in [-0.2, 0) is 28.5 Å². The lowest BCUT2D eigenvalue weighted by molar-refractivity contribution is -0.350. The second-order valence-electron chi connectivity index (χ2n) is 11.4. The molecule has 1 N–H and O–H groups in total. The second-order valence-corrected chi connectivity index (χ2v) is 11.4. The van der Waals surface area contributed by atoms with Gasteiger partial charge >= 0.3 is 5.97 Å². The molecular formula is C34H48O8. The van der Waals surface area contributed by atoms with Gasteiger partial charge in [0.25, 0.3) is 5.79 Å². The Hall–Kier alpha value is -2.45. The fourth-order valence-corrected chi connectivity index (χ4v) is 5.84. The Bertz CT molecular complexity index is 1030. The molecule has 0 bridgehead atoms. The molecule has 2 heterocycles. The van der Waals surface area contributed by atoms with E-state index in [0.29, 0.717) is 45.0 Å². The summed E-state index contributed by atoms with van der Waals surface area (Å²) < 4.78 is 34.9. The number of aliphatic hydroxyl groups excluding tert-OH is 1. The number of carbonyl (C=O) groups is 1. The van der Waals surface area contributed by atoms with E-state index in [1.54, 1.807) is 6.08 Å². The summed E-state index contributed by atoms with van der Waals surface area (Å²) in [5.74, 6) is -1.00. The van der Waals surface area contributed by atoms with Crippen LogP contribution in [0.15, 0.2) is 54.3 Å². The molecule has 0 aromatic heterocycles. The summed E-state index contributed by atoms with van der Waals surface area (Å²) >= 11 is 0. The van der Waals surface area contributed by atoms with E-state index >= 15 is 0 Å². The van der Waals surface area contributed by atoms with Gasteiger partial charge in [0.15, 0.2) is 12.6 Å². The lowest BCUT2D eigenvalue weighted by Gasteiger charge is -2.38. The topological polar surface area (TPSA) is 92.7 Å². The van der Waals surface area contributed by atoms with E-state index in [-0.39, 0.29) is 18.4 Å². The van der Waals surface area contributed by atoms with Crippen LogP contribution in [0.5, 0.6) is 5.75 Å². The lowest BCUT2D eigenvalue weighted by atomic mass is 9.91. The summed E-state index contributed by atoms with van der Waals surface area (Å²) in [5, 5.41) is 10.6. The van der Waals surface area contributed by atoms with Crippen molar-refractivity contribution >= 4 is 5.97 Å². The maximum absolute atomic E-state index is 13.1. The average Bonchev–Trinajstić information content (AvgIpc) is 3.36. The van der Waals surface area contributed by atoms with E-state index in [2.05, 4.69) is 30.9 Å². The Kier molecular flexibility index (Phi) is 13.1. The standard InChI is InChI=1S/C34H48O8/c1-26-13-12-15-28(25-26)38-22-9-5-14-27-19-20-30(35)29(27)16-4-3-8-21-34(33(36)37-2,41-31-17-6-10-23-39-31)42-32-18-7-11-24-40-32/h4-5,8,12-15,25,27,29-32,35H,6-7,9-11,16-24H2,1-2H3/b14-5+/t3?,27-,29+,30-,31?,32?,34?/m0/s1. The fourth-order valence-electron chi connectivity index (χ4n) is 5.84. The minimum absolute atomic E-state index is 0.105. The predicted molar refractivity (Wildman–Crippen MR) is 159 cm³/mol. The highest BCUT2D eigenvalue weighted by Crippen LogP contribution is 2.36. The molecule has 5 atom stereocenters. The van der Waals surface area contributed by atoms with Crippen LogP contribution in [0.25, 0.3) is 0 Å². The van der Waals surface area contributed by atoms with Crippen molar-refractivity contribution in [3.05, 3.63) is 59.9 Å². The van der Waals surface area contributed by atoms with Crippen LogP contribution in [0, 0.1) is 18.8 Å². The molecule has 0 spiro atoms. The zero-order valence-electron chi connectivity index (χ0n) is 25.2. The quantitative estimate of drug-likeness (QED) is 0.0915. The number of hydrogen-bond donors (Lipinski definition) is 1. The molecule has 2 saturated heterocycles. The number of benzene rings is 1. The minimum Gasteiger partial charge on any atom is -0.493 e. The molecule has 42 heavy (non-hydrogen) atoms.